The third-order valence-electron chi connectivity index (χ3n) is 5.41. The van der Waals surface area contributed by atoms with Crippen LogP contribution in [0.1, 0.15) is 6.42 Å². The monoisotopic (exact) mass is 372 g/mol. The molecule has 5 aromatic rings. The smallest absolute Gasteiger partial charge is 0.123 e. The molecule has 140 valence electrons. The molecule has 0 aliphatic carbocycles. The van der Waals surface area contributed by atoms with Crippen molar-refractivity contribution in [3.05, 3.63) is 60.9 Å². The number of nitrogens with one attached hydrogen (secondary N) is 1. The Labute approximate surface area is 161 Å². The number of H-pyrrole nitrogens is 1. The molecule has 2 aromatic heterocycles. The van der Waals surface area contributed by atoms with Gasteiger partial charge in [0, 0.05) is 58.2 Å². The number of hydrogen-bond donors (Lipinski definition) is 4. The molecule has 0 unspecified atom stereocenters. The second-order valence-corrected chi connectivity index (χ2v) is 7.05. The number of aromatic amines is 1. The predicted octanol–water partition coefficient (Wildman–Crippen LogP) is 4.74. The molecule has 0 fully saturated rings. The number of aromatic nitrogens is 2. The van der Waals surface area contributed by atoms with Crippen molar-refractivity contribution in [3.8, 4) is 22.6 Å². The van der Waals surface area contributed by atoms with Crippen LogP contribution in [-0.2, 0) is 6.54 Å². The summed E-state index contributed by atoms with van der Waals surface area (Å²) in [6.07, 6.45) is 4.54. The van der Waals surface area contributed by atoms with Gasteiger partial charge in [-0.15, -0.1) is 0 Å². The Morgan fingerprint density at radius 1 is 0.821 bits per heavy atom. The van der Waals surface area contributed by atoms with Crippen molar-refractivity contribution in [2.75, 3.05) is 6.61 Å². The van der Waals surface area contributed by atoms with Crippen LogP contribution in [0.15, 0.2) is 60.9 Å². The topological polar surface area (TPSA) is 81.4 Å². The first-order valence-corrected chi connectivity index (χ1v) is 9.32. The van der Waals surface area contributed by atoms with E-state index in [1.54, 1.807) is 18.2 Å². The van der Waals surface area contributed by atoms with Crippen molar-refractivity contribution in [3.63, 3.8) is 0 Å². The molecule has 0 spiro atoms. The molecule has 0 aliphatic heterocycles. The van der Waals surface area contributed by atoms with Gasteiger partial charge >= 0.3 is 0 Å². The number of nitrogens with zero attached hydrogens (tertiary/aromatic N) is 1. The van der Waals surface area contributed by atoms with Crippen LogP contribution in [0.3, 0.4) is 0 Å². The van der Waals surface area contributed by atoms with E-state index in [2.05, 4.69) is 15.6 Å². The van der Waals surface area contributed by atoms with Gasteiger partial charge in [-0.2, -0.15) is 0 Å². The molecule has 5 rings (SSSR count). The molecule has 0 aliphatic rings. The number of fused-ring (bicyclic) bond motifs is 5. The molecule has 0 saturated carbocycles. The van der Waals surface area contributed by atoms with Gasteiger partial charge in [0.2, 0.25) is 0 Å². The fraction of sp³-hybridized carbons (Fsp3) is 0.130. The van der Waals surface area contributed by atoms with E-state index in [4.69, 9.17) is 0 Å². The molecule has 0 radical (unpaired) electrons. The summed E-state index contributed by atoms with van der Waals surface area (Å²) in [5, 5.41) is 34.0. The molecule has 4 N–H and O–H groups in total. The van der Waals surface area contributed by atoms with Gasteiger partial charge in [-0.05, 0) is 42.3 Å². The second kappa shape index (κ2) is 6.32. The van der Waals surface area contributed by atoms with Gasteiger partial charge < -0.3 is 24.9 Å². The highest BCUT2D eigenvalue weighted by Crippen LogP contribution is 2.42. The highest BCUT2D eigenvalue weighted by molar-refractivity contribution is 6.24. The van der Waals surface area contributed by atoms with Crippen LogP contribution >= 0.6 is 0 Å². The number of rotatable bonds is 4. The van der Waals surface area contributed by atoms with Crippen molar-refractivity contribution in [2.45, 2.75) is 13.0 Å². The average molecular weight is 372 g/mol. The quantitative estimate of drug-likeness (QED) is 0.368. The Kier molecular flexibility index (Phi) is 3.77. The van der Waals surface area contributed by atoms with Crippen molar-refractivity contribution in [2.24, 2.45) is 0 Å². The minimum absolute atomic E-state index is 0.109. The van der Waals surface area contributed by atoms with Crippen LogP contribution in [0.5, 0.6) is 11.5 Å². The lowest BCUT2D eigenvalue weighted by molar-refractivity contribution is 0.281. The van der Waals surface area contributed by atoms with Crippen LogP contribution in [-0.4, -0.2) is 31.5 Å². The Hall–Kier alpha value is -3.44. The number of phenolic OH excluding ortho intramolecular Hbond substituents is 2. The SMILES string of the molecule is OCCCn1c2ccc(O)cc2c2c3c[nH]cc3c(-c3ccccc3O)cc21. The second-order valence-electron chi connectivity index (χ2n) is 7.05. The summed E-state index contributed by atoms with van der Waals surface area (Å²) in [5.74, 6) is 0.460. The number of aromatic hydroxyl groups is 2. The highest BCUT2D eigenvalue weighted by atomic mass is 16.3. The summed E-state index contributed by atoms with van der Waals surface area (Å²) in [6.45, 7) is 0.773. The summed E-state index contributed by atoms with van der Waals surface area (Å²) in [5.41, 5.74) is 3.74. The Bertz CT molecular complexity index is 1330. The van der Waals surface area contributed by atoms with Crippen molar-refractivity contribution in [1.29, 1.82) is 0 Å². The summed E-state index contributed by atoms with van der Waals surface area (Å²) >= 11 is 0. The normalized spacial score (nSPS) is 11.8. The summed E-state index contributed by atoms with van der Waals surface area (Å²) in [6, 6.07) is 14.8. The number of aryl methyl sites for hydroxylation is 1. The first-order valence-electron chi connectivity index (χ1n) is 9.32. The minimum atomic E-state index is 0.109. The van der Waals surface area contributed by atoms with E-state index >= 15 is 0 Å². The highest BCUT2D eigenvalue weighted by Gasteiger charge is 2.18. The van der Waals surface area contributed by atoms with Gasteiger partial charge in [-0.25, -0.2) is 0 Å². The molecular formula is C23H20N2O3. The average Bonchev–Trinajstić information content (AvgIpc) is 3.28. The van der Waals surface area contributed by atoms with E-state index < -0.39 is 0 Å². The number of para-hydroxylation sites is 1. The molecule has 2 heterocycles. The van der Waals surface area contributed by atoms with Gasteiger partial charge in [0.15, 0.2) is 0 Å². The van der Waals surface area contributed by atoms with Crippen LogP contribution < -0.4 is 0 Å². The molecule has 0 amide bonds. The standard InChI is InChI=1S/C23H20N2O3/c26-9-3-8-25-20-7-6-14(27)10-17(20)23-19-13-24-12-18(19)16(11-21(23)25)15-4-1-2-5-22(15)28/h1-2,4-7,10-13,24,26-28H,3,8-9H2. The van der Waals surface area contributed by atoms with Crippen LogP contribution in [0.4, 0.5) is 0 Å². The fourth-order valence-electron chi connectivity index (χ4n) is 4.20. The van der Waals surface area contributed by atoms with E-state index in [1.807, 2.05) is 36.7 Å². The third kappa shape index (κ3) is 2.37. The van der Waals surface area contributed by atoms with Gasteiger partial charge in [-0.3, -0.25) is 0 Å². The molecule has 0 saturated heterocycles. The third-order valence-corrected chi connectivity index (χ3v) is 5.41. The van der Waals surface area contributed by atoms with Crippen LogP contribution in [0.2, 0.25) is 0 Å². The van der Waals surface area contributed by atoms with E-state index in [0.29, 0.717) is 13.0 Å². The summed E-state index contributed by atoms with van der Waals surface area (Å²) in [4.78, 5) is 3.20. The maximum Gasteiger partial charge on any atom is 0.123 e. The molecule has 0 atom stereocenters. The van der Waals surface area contributed by atoms with E-state index in [-0.39, 0.29) is 18.1 Å². The molecule has 5 heteroatoms. The molecule has 3 aromatic carbocycles. The number of phenols is 2. The summed E-state index contributed by atoms with van der Waals surface area (Å²) < 4.78 is 2.18. The Morgan fingerprint density at radius 3 is 2.46 bits per heavy atom. The molecule has 5 nitrogen and oxygen atoms in total. The number of aliphatic hydroxyl groups is 1. The Balaban J connectivity index is 1.95. The maximum atomic E-state index is 10.4. The Morgan fingerprint density at radius 2 is 1.64 bits per heavy atom. The lowest BCUT2D eigenvalue weighted by Crippen LogP contribution is -1.99. The van der Waals surface area contributed by atoms with Gasteiger partial charge in [-0.1, -0.05) is 18.2 Å². The lowest BCUT2D eigenvalue weighted by atomic mass is 9.97. The lowest BCUT2D eigenvalue weighted by Gasteiger charge is -2.10. The van der Waals surface area contributed by atoms with E-state index in [9.17, 15) is 15.3 Å². The van der Waals surface area contributed by atoms with E-state index in [1.165, 1.54) is 0 Å². The fourth-order valence-corrected chi connectivity index (χ4v) is 4.20. The predicted molar refractivity (Wildman–Crippen MR) is 112 cm³/mol. The van der Waals surface area contributed by atoms with Crippen LogP contribution in [0.25, 0.3) is 43.7 Å². The van der Waals surface area contributed by atoms with Gasteiger partial charge in [0.1, 0.15) is 11.5 Å². The van der Waals surface area contributed by atoms with Gasteiger partial charge in [0.05, 0.1) is 5.52 Å². The zero-order valence-electron chi connectivity index (χ0n) is 15.2. The van der Waals surface area contributed by atoms with Crippen molar-refractivity contribution >= 4 is 32.6 Å². The zero-order valence-corrected chi connectivity index (χ0v) is 15.2. The minimum Gasteiger partial charge on any atom is -0.508 e. The van der Waals surface area contributed by atoms with Crippen molar-refractivity contribution < 1.29 is 15.3 Å². The number of aliphatic hydroxyl groups excluding tert-OH is 1. The largest absolute Gasteiger partial charge is 0.508 e. The zero-order chi connectivity index (χ0) is 19.3. The maximum absolute atomic E-state index is 10.4. The van der Waals surface area contributed by atoms with Gasteiger partial charge in [0.25, 0.3) is 0 Å². The summed E-state index contributed by atoms with van der Waals surface area (Å²) in [7, 11) is 0. The van der Waals surface area contributed by atoms with Crippen molar-refractivity contribution in [1.82, 2.24) is 9.55 Å². The molecule has 28 heavy (non-hydrogen) atoms. The number of benzene rings is 3. The first-order chi connectivity index (χ1) is 13.7. The van der Waals surface area contributed by atoms with Crippen LogP contribution in [0, 0.1) is 0 Å². The van der Waals surface area contributed by atoms with E-state index in [0.717, 1.165) is 43.7 Å². The molecule has 0 bridgehead atoms. The number of hydrogen-bond acceptors (Lipinski definition) is 3. The first kappa shape index (κ1) is 16.7. The molecular weight excluding hydrogens is 352 g/mol.